The van der Waals surface area contributed by atoms with Crippen molar-refractivity contribution in [2.24, 2.45) is 17.3 Å². The van der Waals surface area contributed by atoms with Crippen LogP contribution in [0.5, 0.6) is 0 Å². The predicted octanol–water partition coefficient (Wildman–Crippen LogP) is 4.25. The van der Waals surface area contributed by atoms with Crippen LogP contribution in [0.2, 0.25) is 0 Å². The van der Waals surface area contributed by atoms with Crippen LogP contribution < -0.4 is 0 Å². The van der Waals surface area contributed by atoms with E-state index in [1.807, 2.05) is 0 Å². The van der Waals surface area contributed by atoms with Crippen molar-refractivity contribution in [3.8, 4) is 0 Å². The van der Waals surface area contributed by atoms with Gasteiger partial charge in [0.25, 0.3) is 0 Å². The second-order valence-corrected chi connectivity index (χ2v) is 5.47. The average Bonchev–Trinajstić information content (AvgIpc) is 2.17. The molecule has 0 unspecified atom stereocenters. The van der Waals surface area contributed by atoms with Gasteiger partial charge in [0.15, 0.2) is 0 Å². The molecule has 1 N–H and O–H groups in total. The summed E-state index contributed by atoms with van der Waals surface area (Å²) in [5.41, 5.74) is 0.443. The van der Waals surface area contributed by atoms with Crippen molar-refractivity contribution < 1.29 is 5.11 Å². The normalized spacial score (nSPS) is 12.8. The van der Waals surface area contributed by atoms with Gasteiger partial charge in [-0.3, -0.25) is 0 Å². The highest BCUT2D eigenvalue weighted by Gasteiger charge is 2.35. The molecule has 0 aromatic rings. The third-order valence-electron chi connectivity index (χ3n) is 4.10. The van der Waals surface area contributed by atoms with Crippen LogP contribution in [-0.4, -0.2) is 11.7 Å². The molecule has 0 heterocycles. The summed E-state index contributed by atoms with van der Waals surface area (Å²) in [7, 11) is 0. The monoisotopic (exact) mass is 214 g/mol. The lowest BCUT2D eigenvalue weighted by Gasteiger charge is -2.42. The molecule has 0 aromatic carbocycles. The summed E-state index contributed by atoms with van der Waals surface area (Å²) in [5.74, 6) is 1.44. The van der Waals surface area contributed by atoms with Crippen LogP contribution >= 0.6 is 0 Å². The second-order valence-electron chi connectivity index (χ2n) is 5.47. The molecular formula is C14H30O. The third kappa shape index (κ3) is 4.14. The van der Waals surface area contributed by atoms with Crippen LogP contribution in [0.3, 0.4) is 0 Å². The molecule has 0 rings (SSSR count). The first-order valence-electron chi connectivity index (χ1n) is 6.62. The van der Waals surface area contributed by atoms with Gasteiger partial charge < -0.3 is 5.11 Å². The molecule has 0 radical (unpaired) electrons. The Morgan fingerprint density at radius 1 is 0.933 bits per heavy atom. The van der Waals surface area contributed by atoms with E-state index in [4.69, 9.17) is 5.11 Å². The fourth-order valence-corrected chi connectivity index (χ4v) is 2.86. The molecule has 0 fully saturated rings. The topological polar surface area (TPSA) is 20.2 Å². The maximum absolute atomic E-state index is 9.02. The third-order valence-corrected chi connectivity index (χ3v) is 4.10. The Hall–Kier alpha value is -0.0400. The van der Waals surface area contributed by atoms with Gasteiger partial charge in [0.05, 0.1) is 0 Å². The minimum Gasteiger partial charge on any atom is -0.396 e. The Balaban J connectivity index is 4.57. The van der Waals surface area contributed by atoms with Crippen molar-refractivity contribution in [1.82, 2.24) is 0 Å². The molecule has 0 atom stereocenters. The zero-order valence-electron chi connectivity index (χ0n) is 11.3. The molecule has 1 heteroatoms. The van der Waals surface area contributed by atoms with Crippen LogP contribution in [0.1, 0.15) is 66.7 Å². The van der Waals surface area contributed by atoms with E-state index in [2.05, 4.69) is 34.6 Å². The van der Waals surface area contributed by atoms with E-state index in [1.165, 1.54) is 25.7 Å². The van der Waals surface area contributed by atoms with Gasteiger partial charge >= 0.3 is 0 Å². The van der Waals surface area contributed by atoms with Crippen LogP contribution in [0.4, 0.5) is 0 Å². The van der Waals surface area contributed by atoms with E-state index in [0.29, 0.717) is 12.0 Å². The highest BCUT2D eigenvalue weighted by atomic mass is 16.2. The van der Waals surface area contributed by atoms with Gasteiger partial charge in [0.2, 0.25) is 0 Å². The van der Waals surface area contributed by atoms with Crippen LogP contribution in [0.15, 0.2) is 0 Å². The van der Waals surface area contributed by atoms with E-state index >= 15 is 0 Å². The fourth-order valence-electron chi connectivity index (χ4n) is 2.86. The van der Waals surface area contributed by atoms with Gasteiger partial charge in [0, 0.05) is 6.61 Å². The molecular weight excluding hydrogens is 184 g/mol. The molecule has 1 nitrogen and oxygen atoms in total. The Morgan fingerprint density at radius 3 is 1.73 bits per heavy atom. The highest BCUT2D eigenvalue weighted by molar-refractivity contribution is 4.85. The summed E-state index contributed by atoms with van der Waals surface area (Å²) in [5, 5.41) is 9.02. The summed E-state index contributed by atoms with van der Waals surface area (Å²) in [6.07, 6.45) is 6.06. The van der Waals surface area contributed by atoms with E-state index in [-0.39, 0.29) is 0 Å². The van der Waals surface area contributed by atoms with Gasteiger partial charge in [-0.05, 0) is 36.5 Å². The van der Waals surface area contributed by atoms with E-state index in [1.54, 1.807) is 0 Å². The van der Waals surface area contributed by atoms with Crippen LogP contribution in [0.25, 0.3) is 0 Å². The first-order valence-corrected chi connectivity index (χ1v) is 6.62. The molecule has 0 bridgehead atoms. The van der Waals surface area contributed by atoms with E-state index in [0.717, 1.165) is 18.3 Å². The molecule has 0 spiro atoms. The number of unbranched alkanes of at least 4 members (excludes halogenated alkanes) is 1. The quantitative estimate of drug-likeness (QED) is 0.640. The Morgan fingerprint density at radius 2 is 1.40 bits per heavy atom. The smallest absolute Gasteiger partial charge is 0.0431 e. The maximum Gasteiger partial charge on any atom is 0.0431 e. The zero-order valence-corrected chi connectivity index (χ0v) is 11.3. The SMILES string of the molecule is CCCCC(CCCO)(C(C)C)C(C)C. The summed E-state index contributed by atoms with van der Waals surface area (Å²) in [6, 6.07) is 0. The average molecular weight is 214 g/mol. The van der Waals surface area contributed by atoms with Gasteiger partial charge in [-0.1, -0.05) is 47.5 Å². The lowest BCUT2D eigenvalue weighted by atomic mass is 9.63. The predicted molar refractivity (Wildman–Crippen MR) is 68.0 cm³/mol. The fraction of sp³-hybridized carbons (Fsp3) is 1.00. The summed E-state index contributed by atoms with van der Waals surface area (Å²) in [4.78, 5) is 0. The highest BCUT2D eigenvalue weighted by Crippen LogP contribution is 2.44. The van der Waals surface area contributed by atoms with Gasteiger partial charge in [0.1, 0.15) is 0 Å². The van der Waals surface area contributed by atoms with Gasteiger partial charge in [-0.15, -0.1) is 0 Å². The Kier molecular flexibility index (Phi) is 7.25. The van der Waals surface area contributed by atoms with Crippen molar-refractivity contribution in [2.75, 3.05) is 6.61 Å². The largest absolute Gasteiger partial charge is 0.396 e. The first-order chi connectivity index (χ1) is 7.01. The lowest BCUT2D eigenvalue weighted by molar-refractivity contribution is 0.0717. The van der Waals surface area contributed by atoms with Gasteiger partial charge in [-0.25, -0.2) is 0 Å². The Bertz CT molecular complexity index is 131. The second kappa shape index (κ2) is 7.27. The summed E-state index contributed by atoms with van der Waals surface area (Å²) in [6.45, 7) is 12.0. The number of aliphatic hydroxyl groups excluding tert-OH is 1. The number of hydrogen-bond donors (Lipinski definition) is 1. The maximum atomic E-state index is 9.02. The van der Waals surface area contributed by atoms with Crippen molar-refractivity contribution in [2.45, 2.75) is 66.7 Å². The van der Waals surface area contributed by atoms with E-state index in [9.17, 15) is 0 Å². The lowest BCUT2D eigenvalue weighted by Crippen LogP contribution is -2.33. The number of aliphatic hydroxyl groups is 1. The zero-order chi connectivity index (χ0) is 11.9. The minimum atomic E-state index is 0.341. The molecule has 15 heavy (non-hydrogen) atoms. The van der Waals surface area contributed by atoms with Crippen molar-refractivity contribution in [1.29, 1.82) is 0 Å². The molecule has 92 valence electrons. The summed E-state index contributed by atoms with van der Waals surface area (Å²) < 4.78 is 0. The van der Waals surface area contributed by atoms with Crippen LogP contribution in [-0.2, 0) is 0 Å². The number of hydrogen-bond acceptors (Lipinski definition) is 1. The molecule has 0 aliphatic carbocycles. The van der Waals surface area contributed by atoms with Crippen molar-refractivity contribution in [3.63, 3.8) is 0 Å². The Labute approximate surface area is 96.3 Å². The minimum absolute atomic E-state index is 0.341. The molecule has 0 saturated heterocycles. The van der Waals surface area contributed by atoms with Crippen molar-refractivity contribution in [3.05, 3.63) is 0 Å². The van der Waals surface area contributed by atoms with E-state index < -0.39 is 0 Å². The molecule has 0 saturated carbocycles. The molecule has 0 aliphatic heterocycles. The molecule has 0 aliphatic rings. The molecule has 0 amide bonds. The van der Waals surface area contributed by atoms with Crippen molar-refractivity contribution >= 4 is 0 Å². The van der Waals surface area contributed by atoms with Crippen LogP contribution in [0, 0.1) is 17.3 Å². The summed E-state index contributed by atoms with van der Waals surface area (Å²) >= 11 is 0. The van der Waals surface area contributed by atoms with Gasteiger partial charge in [-0.2, -0.15) is 0 Å². The number of rotatable bonds is 8. The first kappa shape index (κ1) is 15.0. The molecule has 0 aromatic heterocycles. The standard InChI is InChI=1S/C14H30O/c1-6-7-9-14(12(2)3,13(4)5)10-8-11-15/h12-13,15H,6-11H2,1-5H3.